The van der Waals surface area contributed by atoms with Crippen molar-refractivity contribution in [3.63, 3.8) is 0 Å². The average molecular weight is 537 g/mol. The molecule has 0 radical (unpaired) electrons. The predicted molar refractivity (Wildman–Crippen MR) is 148 cm³/mol. The Bertz CT molecular complexity index is 1270. The first kappa shape index (κ1) is 25.7. The van der Waals surface area contributed by atoms with Crippen molar-refractivity contribution in [2.45, 2.75) is 31.8 Å². The van der Waals surface area contributed by atoms with Gasteiger partial charge < -0.3 is 19.7 Å². The van der Waals surface area contributed by atoms with Gasteiger partial charge in [-0.15, -0.1) is 0 Å². The Morgan fingerprint density at radius 2 is 1.65 bits per heavy atom. The van der Waals surface area contributed by atoms with Crippen molar-refractivity contribution in [3.05, 3.63) is 99.5 Å². The third-order valence-corrected chi connectivity index (χ3v) is 7.50. The summed E-state index contributed by atoms with van der Waals surface area (Å²) < 4.78 is 11.7. The Hall–Kier alpha value is -2.99. The molecule has 1 aliphatic carbocycles. The predicted octanol–water partition coefficient (Wildman–Crippen LogP) is 6.39. The van der Waals surface area contributed by atoms with Gasteiger partial charge in [0.15, 0.2) is 0 Å². The van der Waals surface area contributed by atoms with Crippen molar-refractivity contribution >= 4 is 34.7 Å². The van der Waals surface area contributed by atoms with Gasteiger partial charge in [0.25, 0.3) is 5.91 Å². The molecule has 3 aromatic rings. The Morgan fingerprint density at radius 3 is 2.43 bits per heavy atom. The molecule has 1 fully saturated rings. The van der Waals surface area contributed by atoms with Crippen LogP contribution in [0.1, 0.15) is 30.4 Å². The second-order valence-corrected chi connectivity index (χ2v) is 10.1. The fourth-order valence-electron chi connectivity index (χ4n) is 4.60. The Balaban J connectivity index is 1.32. The highest BCUT2D eigenvalue weighted by Gasteiger charge is 2.35. The van der Waals surface area contributed by atoms with Crippen molar-refractivity contribution in [3.8, 4) is 11.5 Å². The van der Waals surface area contributed by atoms with Crippen LogP contribution in [0.2, 0.25) is 10.0 Å². The fourth-order valence-corrected chi connectivity index (χ4v) is 4.98. The van der Waals surface area contributed by atoms with Gasteiger partial charge in [0, 0.05) is 24.7 Å². The molecule has 7 heteroatoms. The lowest BCUT2D eigenvalue weighted by Crippen LogP contribution is -2.39. The summed E-state index contributed by atoms with van der Waals surface area (Å²) in [4.78, 5) is 15.9. The highest BCUT2D eigenvalue weighted by Crippen LogP contribution is 2.35. The number of nitrogens with one attached hydrogen (secondary N) is 1. The van der Waals surface area contributed by atoms with Crippen LogP contribution in [0.3, 0.4) is 0 Å². The molecule has 5 nitrogen and oxygen atoms in total. The summed E-state index contributed by atoms with van der Waals surface area (Å²) in [5.74, 6) is 1.64. The van der Waals surface area contributed by atoms with Gasteiger partial charge in [-0.05, 0) is 72.8 Å². The normalized spacial score (nSPS) is 15.4. The average Bonchev–Trinajstić information content (AvgIpc) is 3.78. The van der Waals surface area contributed by atoms with Crippen LogP contribution >= 0.6 is 23.2 Å². The van der Waals surface area contributed by atoms with Gasteiger partial charge in [-0.3, -0.25) is 4.79 Å². The smallest absolute Gasteiger partial charge is 0.251 e. The summed E-state index contributed by atoms with van der Waals surface area (Å²) in [5.41, 5.74) is 3.76. The van der Waals surface area contributed by atoms with Crippen molar-refractivity contribution in [1.29, 1.82) is 0 Å². The van der Waals surface area contributed by atoms with Gasteiger partial charge in [-0.1, -0.05) is 65.7 Å². The number of benzene rings is 3. The molecule has 37 heavy (non-hydrogen) atoms. The van der Waals surface area contributed by atoms with Crippen LogP contribution in [0.5, 0.6) is 11.5 Å². The number of nitrogens with zero attached hydrogens (tertiary/aromatic N) is 1. The molecule has 192 valence electrons. The van der Waals surface area contributed by atoms with Gasteiger partial charge in [-0.2, -0.15) is 0 Å². The van der Waals surface area contributed by atoms with Crippen LogP contribution < -0.4 is 14.8 Å². The molecule has 1 saturated carbocycles. The summed E-state index contributed by atoms with van der Waals surface area (Å²) >= 11 is 12.7. The van der Waals surface area contributed by atoms with Gasteiger partial charge in [0.05, 0.1) is 10.0 Å². The molecular formula is C30H30Cl2N2O3. The van der Waals surface area contributed by atoms with Crippen molar-refractivity contribution in [2.75, 3.05) is 26.3 Å². The molecule has 0 bridgehead atoms. The lowest BCUT2D eigenvalue weighted by atomic mass is 9.93. The van der Waals surface area contributed by atoms with E-state index < -0.39 is 0 Å². The van der Waals surface area contributed by atoms with E-state index in [1.165, 1.54) is 0 Å². The van der Waals surface area contributed by atoms with E-state index in [9.17, 15) is 4.79 Å². The second-order valence-electron chi connectivity index (χ2n) is 9.30. The van der Waals surface area contributed by atoms with E-state index in [0.29, 0.717) is 36.3 Å². The second kappa shape index (κ2) is 12.0. The summed E-state index contributed by atoms with van der Waals surface area (Å²) in [6.45, 7) is 2.69. The highest BCUT2D eigenvalue weighted by atomic mass is 35.5. The first-order chi connectivity index (χ1) is 18.1. The topological polar surface area (TPSA) is 50.8 Å². The van der Waals surface area contributed by atoms with Crippen LogP contribution in [0, 0.1) is 0 Å². The number of hydrogen-bond donors (Lipinski definition) is 1. The fraction of sp³-hybridized carbons (Fsp3) is 0.300. The van der Waals surface area contributed by atoms with Crippen LogP contribution in [0.25, 0.3) is 5.57 Å². The van der Waals surface area contributed by atoms with Gasteiger partial charge in [-0.25, -0.2) is 0 Å². The van der Waals surface area contributed by atoms with Crippen LogP contribution in [-0.2, 0) is 11.3 Å². The van der Waals surface area contributed by atoms with E-state index in [2.05, 4.69) is 11.4 Å². The summed E-state index contributed by atoms with van der Waals surface area (Å²) in [6, 6.07) is 23.5. The van der Waals surface area contributed by atoms with E-state index in [1.807, 2.05) is 65.6 Å². The first-order valence-electron chi connectivity index (χ1n) is 12.7. The van der Waals surface area contributed by atoms with Crippen molar-refractivity contribution < 1.29 is 14.3 Å². The standard InChI is InChI=1S/C30H30Cl2N2O3/c31-28-11-5-7-22(29(28)32)20-34(23-12-13-23)30(35)27-19-33-15-14-26(27)21-6-4-10-25(18-21)37-17-16-36-24-8-2-1-3-9-24/h1-11,18,23,33H,12-17,19-20H2. The zero-order valence-corrected chi connectivity index (χ0v) is 22.1. The number of hydrogen-bond acceptors (Lipinski definition) is 4. The number of amides is 1. The number of ether oxygens (including phenoxy) is 2. The van der Waals surface area contributed by atoms with Crippen LogP contribution in [0.15, 0.2) is 78.4 Å². The summed E-state index contributed by atoms with van der Waals surface area (Å²) in [7, 11) is 0. The van der Waals surface area contributed by atoms with Crippen molar-refractivity contribution in [2.24, 2.45) is 0 Å². The van der Waals surface area contributed by atoms with Gasteiger partial charge >= 0.3 is 0 Å². The number of halogens is 2. The van der Waals surface area contributed by atoms with Crippen LogP contribution in [-0.4, -0.2) is 43.2 Å². The van der Waals surface area contributed by atoms with Crippen LogP contribution in [0.4, 0.5) is 0 Å². The largest absolute Gasteiger partial charge is 0.490 e. The molecule has 5 rings (SSSR count). The van der Waals surface area contributed by atoms with Crippen molar-refractivity contribution in [1.82, 2.24) is 10.2 Å². The Labute approximate surface area is 228 Å². The summed E-state index contributed by atoms with van der Waals surface area (Å²) in [6.07, 6.45) is 2.79. The third-order valence-electron chi connectivity index (χ3n) is 6.64. The van der Waals surface area contributed by atoms with E-state index in [-0.39, 0.29) is 11.9 Å². The van der Waals surface area contributed by atoms with Gasteiger partial charge in [0.2, 0.25) is 0 Å². The third kappa shape index (κ3) is 6.48. The molecule has 2 aliphatic rings. The summed E-state index contributed by atoms with van der Waals surface area (Å²) in [5, 5.41) is 4.41. The molecular weight excluding hydrogens is 507 g/mol. The quantitative estimate of drug-likeness (QED) is 0.305. The number of carbonyl (C=O) groups excluding carboxylic acids is 1. The minimum Gasteiger partial charge on any atom is -0.490 e. The molecule has 1 heterocycles. The zero-order valence-electron chi connectivity index (χ0n) is 20.6. The minimum absolute atomic E-state index is 0.0586. The molecule has 0 spiro atoms. The number of para-hydroxylation sites is 1. The highest BCUT2D eigenvalue weighted by molar-refractivity contribution is 6.42. The first-order valence-corrected chi connectivity index (χ1v) is 13.4. The lowest BCUT2D eigenvalue weighted by Gasteiger charge is -2.28. The molecule has 0 atom stereocenters. The zero-order chi connectivity index (χ0) is 25.6. The molecule has 0 aromatic heterocycles. The Morgan fingerprint density at radius 1 is 0.919 bits per heavy atom. The molecule has 1 aliphatic heterocycles. The van der Waals surface area contributed by atoms with E-state index in [4.69, 9.17) is 32.7 Å². The number of rotatable bonds is 10. The molecule has 1 N–H and O–H groups in total. The maximum absolute atomic E-state index is 13.9. The SMILES string of the molecule is O=C(C1=C(c2cccc(OCCOc3ccccc3)c2)CCNC1)N(Cc1cccc(Cl)c1Cl)C1CC1. The molecule has 0 unspecified atom stereocenters. The monoisotopic (exact) mass is 536 g/mol. The maximum atomic E-state index is 13.9. The maximum Gasteiger partial charge on any atom is 0.251 e. The van der Waals surface area contributed by atoms with E-state index in [0.717, 1.165) is 59.6 Å². The molecule has 3 aromatic carbocycles. The molecule has 1 amide bonds. The van der Waals surface area contributed by atoms with E-state index >= 15 is 0 Å². The molecule has 0 saturated heterocycles. The number of carbonyl (C=O) groups is 1. The van der Waals surface area contributed by atoms with Gasteiger partial charge in [0.1, 0.15) is 24.7 Å². The Kier molecular flexibility index (Phi) is 8.34. The van der Waals surface area contributed by atoms with E-state index in [1.54, 1.807) is 6.07 Å². The minimum atomic E-state index is 0.0586. The lowest BCUT2D eigenvalue weighted by molar-refractivity contribution is -0.128.